The number of hydrogen-bond donors (Lipinski definition) is 2. The molecule has 2 N–H and O–H groups in total. The van der Waals surface area contributed by atoms with E-state index in [1.165, 1.54) is 17.6 Å². The molecule has 0 atom stereocenters. The molecule has 186 valence electrons. The van der Waals surface area contributed by atoms with Crippen molar-refractivity contribution in [1.29, 1.82) is 0 Å². The molecule has 10 heteroatoms. The van der Waals surface area contributed by atoms with Crippen LogP contribution >= 0.6 is 23.1 Å². The van der Waals surface area contributed by atoms with Crippen molar-refractivity contribution in [1.82, 2.24) is 4.90 Å². The monoisotopic (exact) mass is 531 g/mol. The number of benzene rings is 2. The molecule has 37 heavy (non-hydrogen) atoms. The molecule has 5 rings (SSSR count). The van der Waals surface area contributed by atoms with Crippen molar-refractivity contribution in [3.05, 3.63) is 106 Å². The molecule has 2 aromatic carbocycles. The first-order valence-electron chi connectivity index (χ1n) is 11.2. The largest absolute Gasteiger partial charge is 0.497 e. The van der Waals surface area contributed by atoms with E-state index in [1.807, 2.05) is 17.5 Å². The second-order valence-corrected chi connectivity index (χ2v) is 9.93. The number of hydrogen-bond acceptors (Lipinski definition) is 8. The second-order valence-electron chi connectivity index (χ2n) is 7.89. The van der Waals surface area contributed by atoms with E-state index in [9.17, 15) is 14.4 Å². The van der Waals surface area contributed by atoms with Gasteiger partial charge in [-0.3, -0.25) is 19.3 Å². The average Bonchev–Trinajstić information content (AvgIpc) is 3.67. The first-order chi connectivity index (χ1) is 18.0. The van der Waals surface area contributed by atoms with Gasteiger partial charge < -0.3 is 19.8 Å². The summed E-state index contributed by atoms with van der Waals surface area (Å²) in [5, 5.41) is 7.82. The molecule has 0 unspecified atom stereocenters. The molecule has 3 heterocycles. The Bertz CT molecular complexity index is 1460. The molecule has 0 aliphatic carbocycles. The fraction of sp³-hybridized carbons (Fsp3) is 0.0741. The van der Waals surface area contributed by atoms with Gasteiger partial charge in [-0.2, -0.15) is 0 Å². The molecule has 0 bridgehead atoms. The van der Waals surface area contributed by atoms with Gasteiger partial charge in [0.15, 0.2) is 0 Å². The number of furan rings is 1. The van der Waals surface area contributed by atoms with Crippen molar-refractivity contribution in [2.45, 2.75) is 11.4 Å². The zero-order chi connectivity index (χ0) is 25.8. The molecule has 0 radical (unpaired) electrons. The lowest BCUT2D eigenvalue weighted by Gasteiger charge is -2.13. The SMILES string of the molecule is COc1ccc(NC2=C(Sc3cccc(NC(=O)c4cccs4)c3)C(=O)N(Cc3ccco3)C2=O)cc1. The van der Waals surface area contributed by atoms with Gasteiger partial charge in [0.25, 0.3) is 17.7 Å². The molecular formula is C27H21N3O5S2. The van der Waals surface area contributed by atoms with Gasteiger partial charge in [0, 0.05) is 16.3 Å². The van der Waals surface area contributed by atoms with E-state index in [4.69, 9.17) is 9.15 Å². The zero-order valence-electron chi connectivity index (χ0n) is 19.6. The number of carbonyl (C=O) groups excluding carboxylic acids is 3. The quantitative estimate of drug-likeness (QED) is 0.272. The highest BCUT2D eigenvalue weighted by Gasteiger charge is 2.39. The van der Waals surface area contributed by atoms with Crippen LogP contribution in [0.15, 0.2) is 104 Å². The summed E-state index contributed by atoms with van der Waals surface area (Å²) >= 11 is 2.50. The summed E-state index contributed by atoms with van der Waals surface area (Å²) < 4.78 is 10.6. The van der Waals surface area contributed by atoms with Gasteiger partial charge in [-0.25, -0.2) is 0 Å². The second kappa shape index (κ2) is 10.8. The van der Waals surface area contributed by atoms with Crippen LogP contribution in [0.2, 0.25) is 0 Å². The van der Waals surface area contributed by atoms with Crippen LogP contribution in [-0.2, 0) is 16.1 Å². The molecule has 0 spiro atoms. The summed E-state index contributed by atoms with van der Waals surface area (Å²) in [6.45, 7) is 0.0133. The number of amides is 3. The van der Waals surface area contributed by atoms with Crippen molar-refractivity contribution < 1.29 is 23.5 Å². The molecule has 4 aromatic rings. The Hall–Kier alpha value is -4.28. The van der Waals surface area contributed by atoms with Crippen LogP contribution in [0.3, 0.4) is 0 Å². The lowest BCUT2D eigenvalue weighted by Crippen LogP contribution is -2.31. The fourth-order valence-electron chi connectivity index (χ4n) is 3.64. The van der Waals surface area contributed by atoms with E-state index in [1.54, 1.807) is 67.8 Å². The van der Waals surface area contributed by atoms with Gasteiger partial charge in [-0.1, -0.05) is 23.9 Å². The number of carbonyl (C=O) groups is 3. The minimum atomic E-state index is -0.457. The van der Waals surface area contributed by atoms with Crippen molar-refractivity contribution in [3.63, 3.8) is 0 Å². The Morgan fingerprint density at radius 3 is 2.54 bits per heavy atom. The van der Waals surface area contributed by atoms with Gasteiger partial charge in [0.2, 0.25) is 0 Å². The Kier molecular flexibility index (Phi) is 7.11. The molecule has 0 saturated heterocycles. The van der Waals surface area contributed by atoms with Gasteiger partial charge in [-0.15, -0.1) is 11.3 Å². The zero-order valence-corrected chi connectivity index (χ0v) is 21.2. The van der Waals surface area contributed by atoms with E-state index < -0.39 is 11.8 Å². The van der Waals surface area contributed by atoms with Crippen LogP contribution in [0, 0.1) is 0 Å². The number of nitrogens with one attached hydrogen (secondary N) is 2. The maximum atomic E-state index is 13.4. The number of rotatable bonds is 9. The summed E-state index contributed by atoms with van der Waals surface area (Å²) in [6, 6.07) is 21.2. The third kappa shape index (κ3) is 5.45. The highest BCUT2D eigenvalue weighted by Crippen LogP contribution is 2.37. The van der Waals surface area contributed by atoms with E-state index >= 15 is 0 Å². The fourth-order valence-corrected chi connectivity index (χ4v) is 5.26. The summed E-state index contributed by atoms with van der Waals surface area (Å²) in [5.41, 5.74) is 1.38. The summed E-state index contributed by atoms with van der Waals surface area (Å²) in [4.78, 5) is 41.9. The number of thioether (sulfide) groups is 1. The van der Waals surface area contributed by atoms with Gasteiger partial charge in [0.05, 0.1) is 24.8 Å². The van der Waals surface area contributed by atoms with Gasteiger partial charge in [0.1, 0.15) is 22.1 Å². The number of thiophene rings is 1. The normalized spacial score (nSPS) is 13.3. The Balaban J connectivity index is 1.42. The molecule has 2 aromatic heterocycles. The standard InChI is InChI=1S/C27H21N3O5S2/c1-34-19-11-9-17(10-12-19)28-23-24(27(33)30(26(23)32)16-20-6-3-13-35-20)37-21-7-2-5-18(15-21)29-25(31)22-8-4-14-36-22/h2-15,28H,16H2,1H3,(H,29,31). The number of imide groups is 1. The van der Waals surface area contributed by atoms with Crippen molar-refractivity contribution in [2.75, 3.05) is 17.7 Å². The number of anilines is 2. The predicted octanol–water partition coefficient (Wildman–Crippen LogP) is 5.59. The van der Waals surface area contributed by atoms with Crippen molar-refractivity contribution >= 4 is 52.2 Å². The van der Waals surface area contributed by atoms with Crippen molar-refractivity contribution in [2.24, 2.45) is 0 Å². The lowest BCUT2D eigenvalue weighted by molar-refractivity contribution is -0.138. The highest BCUT2D eigenvalue weighted by atomic mass is 32.2. The molecule has 3 amide bonds. The number of methoxy groups -OCH3 is 1. The third-order valence-electron chi connectivity index (χ3n) is 5.44. The molecule has 1 aliphatic heterocycles. The minimum absolute atomic E-state index is 0.0133. The third-order valence-corrected chi connectivity index (χ3v) is 7.38. The van der Waals surface area contributed by atoms with Crippen LogP contribution < -0.4 is 15.4 Å². The average molecular weight is 532 g/mol. The highest BCUT2D eigenvalue weighted by molar-refractivity contribution is 8.04. The van der Waals surface area contributed by atoms with Gasteiger partial charge >= 0.3 is 0 Å². The topological polar surface area (TPSA) is 101 Å². The molecule has 0 saturated carbocycles. The number of ether oxygens (including phenoxy) is 1. The maximum Gasteiger partial charge on any atom is 0.278 e. The summed E-state index contributed by atoms with van der Waals surface area (Å²) in [6.07, 6.45) is 1.50. The Labute approximate surface area is 220 Å². The first-order valence-corrected chi connectivity index (χ1v) is 12.9. The van der Waals surface area contributed by atoms with E-state index in [0.29, 0.717) is 32.7 Å². The molecular weight excluding hydrogens is 510 g/mol. The predicted molar refractivity (Wildman–Crippen MR) is 142 cm³/mol. The van der Waals surface area contributed by atoms with Crippen LogP contribution in [0.4, 0.5) is 11.4 Å². The smallest absolute Gasteiger partial charge is 0.278 e. The van der Waals surface area contributed by atoms with Crippen LogP contribution in [0.1, 0.15) is 15.4 Å². The minimum Gasteiger partial charge on any atom is -0.497 e. The molecule has 0 fully saturated rings. The van der Waals surface area contributed by atoms with E-state index in [2.05, 4.69) is 10.6 Å². The van der Waals surface area contributed by atoms with Gasteiger partial charge in [-0.05, 0) is 66.0 Å². The summed E-state index contributed by atoms with van der Waals surface area (Å²) in [7, 11) is 1.57. The van der Waals surface area contributed by atoms with Crippen LogP contribution in [-0.4, -0.2) is 29.7 Å². The van der Waals surface area contributed by atoms with E-state index in [-0.39, 0.29) is 23.1 Å². The Morgan fingerprint density at radius 1 is 1.00 bits per heavy atom. The summed E-state index contributed by atoms with van der Waals surface area (Å²) in [5.74, 6) is 0.0612. The maximum absolute atomic E-state index is 13.4. The number of nitrogens with zero attached hydrogens (tertiary/aromatic N) is 1. The molecule has 1 aliphatic rings. The first kappa shape index (κ1) is 24.4. The van der Waals surface area contributed by atoms with E-state index in [0.717, 1.165) is 16.7 Å². The van der Waals surface area contributed by atoms with Crippen LogP contribution in [0.5, 0.6) is 5.75 Å². The lowest BCUT2D eigenvalue weighted by atomic mass is 10.3. The molecule has 8 nitrogen and oxygen atoms in total. The van der Waals surface area contributed by atoms with Crippen molar-refractivity contribution in [3.8, 4) is 5.75 Å². The Morgan fingerprint density at radius 2 is 1.84 bits per heavy atom. The van der Waals surface area contributed by atoms with Crippen LogP contribution in [0.25, 0.3) is 0 Å².